The number of carbonyl (C=O) groups excluding carboxylic acids is 1. The first-order chi connectivity index (χ1) is 12.8. The monoisotopic (exact) mass is 380 g/mol. The molecule has 0 saturated carbocycles. The van der Waals surface area contributed by atoms with Crippen LogP contribution in [0.5, 0.6) is 0 Å². The van der Waals surface area contributed by atoms with E-state index in [1.54, 1.807) is 17.9 Å². The van der Waals surface area contributed by atoms with E-state index < -0.39 is 11.7 Å². The van der Waals surface area contributed by atoms with Crippen LogP contribution in [0.15, 0.2) is 41.2 Å². The molecule has 3 rings (SSSR count). The minimum absolute atomic E-state index is 0.184. The minimum atomic E-state index is -4.39. The molecule has 1 aliphatic heterocycles. The summed E-state index contributed by atoms with van der Waals surface area (Å²) in [5.74, 6) is -0.291. The third kappa shape index (κ3) is 4.12. The molecule has 0 N–H and O–H groups in total. The van der Waals surface area contributed by atoms with Gasteiger partial charge in [-0.25, -0.2) is 4.68 Å². The number of piperazine rings is 1. The van der Waals surface area contributed by atoms with Crippen LogP contribution < -0.4 is 10.5 Å². The van der Waals surface area contributed by atoms with Crippen molar-refractivity contribution < 1.29 is 18.0 Å². The molecule has 6 nitrogen and oxygen atoms in total. The standard InChI is InChI=1S/C18H19F3N4O2/c1-2-25-16(26)7-6-15(22-25)17(27)24-10-8-23(9-11-24)14-5-3-4-13(12-14)18(19,20)21/h3-7,12H,2,8-11H2,1H3. The molecule has 9 heteroatoms. The van der Waals surface area contributed by atoms with E-state index in [0.717, 1.165) is 12.1 Å². The van der Waals surface area contributed by atoms with E-state index in [1.807, 2.05) is 4.90 Å². The van der Waals surface area contributed by atoms with E-state index in [-0.39, 0.29) is 17.2 Å². The second kappa shape index (κ2) is 7.42. The molecule has 0 unspecified atom stereocenters. The van der Waals surface area contributed by atoms with Crippen LogP contribution in [0.4, 0.5) is 18.9 Å². The largest absolute Gasteiger partial charge is 0.416 e. The van der Waals surface area contributed by atoms with Crippen LogP contribution in [0.25, 0.3) is 0 Å². The van der Waals surface area contributed by atoms with Crippen LogP contribution in [-0.4, -0.2) is 46.8 Å². The van der Waals surface area contributed by atoms with Crippen molar-refractivity contribution in [2.24, 2.45) is 0 Å². The number of alkyl halides is 3. The van der Waals surface area contributed by atoms with Gasteiger partial charge in [0.1, 0.15) is 5.69 Å². The molecule has 0 bridgehead atoms. The molecular formula is C18H19F3N4O2. The molecule has 144 valence electrons. The Morgan fingerprint density at radius 1 is 1.11 bits per heavy atom. The van der Waals surface area contributed by atoms with Gasteiger partial charge in [0.05, 0.1) is 5.56 Å². The Balaban J connectivity index is 1.69. The number of halogens is 3. The molecule has 0 aliphatic carbocycles. The van der Waals surface area contributed by atoms with Gasteiger partial charge in [-0.05, 0) is 31.2 Å². The van der Waals surface area contributed by atoms with Crippen LogP contribution in [0.3, 0.4) is 0 Å². The van der Waals surface area contributed by atoms with Gasteiger partial charge in [-0.15, -0.1) is 0 Å². The Bertz CT molecular complexity index is 887. The highest BCUT2D eigenvalue weighted by Crippen LogP contribution is 2.31. The van der Waals surface area contributed by atoms with Gasteiger partial charge in [0, 0.05) is 44.5 Å². The minimum Gasteiger partial charge on any atom is -0.368 e. The number of hydrogen-bond acceptors (Lipinski definition) is 4. The van der Waals surface area contributed by atoms with Crippen molar-refractivity contribution in [3.8, 4) is 0 Å². The zero-order chi connectivity index (χ0) is 19.6. The zero-order valence-corrected chi connectivity index (χ0v) is 14.7. The van der Waals surface area contributed by atoms with Gasteiger partial charge in [0.2, 0.25) is 0 Å². The summed E-state index contributed by atoms with van der Waals surface area (Å²) in [6.45, 7) is 3.69. The average Bonchev–Trinajstić information content (AvgIpc) is 2.67. The number of hydrogen-bond donors (Lipinski definition) is 0. The summed E-state index contributed by atoms with van der Waals surface area (Å²) in [6, 6.07) is 7.88. The van der Waals surface area contributed by atoms with Gasteiger partial charge >= 0.3 is 6.18 Å². The Morgan fingerprint density at radius 2 is 1.81 bits per heavy atom. The lowest BCUT2D eigenvalue weighted by Crippen LogP contribution is -2.49. The summed E-state index contributed by atoms with van der Waals surface area (Å²) in [6.07, 6.45) is -4.39. The number of nitrogens with zero attached hydrogens (tertiary/aromatic N) is 4. The Morgan fingerprint density at radius 3 is 2.44 bits per heavy atom. The van der Waals surface area contributed by atoms with Crippen molar-refractivity contribution in [1.29, 1.82) is 0 Å². The van der Waals surface area contributed by atoms with Gasteiger partial charge in [-0.3, -0.25) is 9.59 Å². The SMILES string of the molecule is CCn1nc(C(=O)N2CCN(c3cccc(C(F)(F)F)c3)CC2)ccc1=O. The van der Waals surface area contributed by atoms with Crippen LogP contribution in [0, 0.1) is 0 Å². The topological polar surface area (TPSA) is 58.4 Å². The highest BCUT2D eigenvalue weighted by Gasteiger charge is 2.31. The number of carbonyl (C=O) groups is 1. The normalized spacial score (nSPS) is 15.1. The summed E-state index contributed by atoms with van der Waals surface area (Å²) in [4.78, 5) is 27.6. The lowest BCUT2D eigenvalue weighted by Gasteiger charge is -2.36. The number of amides is 1. The molecule has 0 spiro atoms. The number of benzene rings is 1. The maximum Gasteiger partial charge on any atom is 0.416 e. The second-order valence-corrected chi connectivity index (χ2v) is 6.20. The van der Waals surface area contributed by atoms with Crippen LogP contribution >= 0.6 is 0 Å². The Kier molecular flexibility index (Phi) is 5.20. The fourth-order valence-electron chi connectivity index (χ4n) is 3.00. The van der Waals surface area contributed by atoms with Gasteiger partial charge in [0.25, 0.3) is 11.5 Å². The number of rotatable bonds is 3. The maximum absolute atomic E-state index is 12.9. The Hall–Kier alpha value is -2.84. The van der Waals surface area contributed by atoms with Crippen molar-refractivity contribution in [3.63, 3.8) is 0 Å². The predicted molar refractivity (Wildman–Crippen MR) is 93.7 cm³/mol. The molecule has 27 heavy (non-hydrogen) atoms. The van der Waals surface area contributed by atoms with Gasteiger partial charge in [-0.2, -0.15) is 18.3 Å². The number of anilines is 1. The number of aryl methyl sites for hydroxylation is 1. The first-order valence-electron chi connectivity index (χ1n) is 8.59. The van der Waals surface area contributed by atoms with Crippen molar-refractivity contribution in [2.45, 2.75) is 19.6 Å². The summed E-state index contributed by atoms with van der Waals surface area (Å²) >= 11 is 0. The Labute approximate surface area is 153 Å². The second-order valence-electron chi connectivity index (χ2n) is 6.20. The number of aromatic nitrogens is 2. The zero-order valence-electron chi connectivity index (χ0n) is 14.7. The van der Waals surface area contributed by atoms with Gasteiger partial charge in [0.15, 0.2) is 0 Å². The molecule has 1 aliphatic rings. The van der Waals surface area contributed by atoms with Crippen molar-refractivity contribution >= 4 is 11.6 Å². The molecule has 2 heterocycles. The van der Waals surface area contributed by atoms with E-state index >= 15 is 0 Å². The summed E-state index contributed by atoms with van der Waals surface area (Å²) in [5.41, 5.74) is -0.300. The lowest BCUT2D eigenvalue weighted by molar-refractivity contribution is -0.137. The van der Waals surface area contributed by atoms with E-state index in [1.165, 1.54) is 22.9 Å². The molecule has 1 aromatic carbocycles. The first-order valence-corrected chi connectivity index (χ1v) is 8.59. The van der Waals surface area contributed by atoms with Crippen LogP contribution in [0.1, 0.15) is 23.0 Å². The van der Waals surface area contributed by atoms with Crippen molar-refractivity contribution in [2.75, 3.05) is 31.1 Å². The quantitative estimate of drug-likeness (QED) is 0.820. The van der Waals surface area contributed by atoms with Gasteiger partial charge < -0.3 is 9.80 Å². The highest BCUT2D eigenvalue weighted by molar-refractivity contribution is 5.92. The van der Waals surface area contributed by atoms with E-state index in [9.17, 15) is 22.8 Å². The van der Waals surface area contributed by atoms with E-state index in [4.69, 9.17) is 0 Å². The van der Waals surface area contributed by atoms with Crippen LogP contribution in [0.2, 0.25) is 0 Å². The van der Waals surface area contributed by atoms with E-state index in [0.29, 0.717) is 38.4 Å². The highest BCUT2D eigenvalue weighted by atomic mass is 19.4. The summed E-state index contributed by atoms with van der Waals surface area (Å²) in [7, 11) is 0. The van der Waals surface area contributed by atoms with Crippen molar-refractivity contribution in [1.82, 2.24) is 14.7 Å². The van der Waals surface area contributed by atoms with Gasteiger partial charge in [-0.1, -0.05) is 6.07 Å². The van der Waals surface area contributed by atoms with Crippen molar-refractivity contribution in [3.05, 3.63) is 58.0 Å². The summed E-state index contributed by atoms with van der Waals surface area (Å²) in [5, 5.41) is 4.06. The smallest absolute Gasteiger partial charge is 0.368 e. The summed E-state index contributed by atoms with van der Waals surface area (Å²) < 4.78 is 39.8. The lowest BCUT2D eigenvalue weighted by atomic mass is 10.1. The first kappa shape index (κ1) is 18.9. The fraction of sp³-hybridized carbons (Fsp3) is 0.389. The third-order valence-corrected chi connectivity index (χ3v) is 4.49. The predicted octanol–water partition coefficient (Wildman–Crippen LogP) is 2.24. The third-order valence-electron chi connectivity index (χ3n) is 4.49. The fourth-order valence-corrected chi connectivity index (χ4v) is 3.00. The van der Waals surface area contributed by atoms with Crippen LogP contribution in [-0.2, 0) is 12.7 Å². The molecule has 0 atom stereocenters. The molecule has 1 aromatic heterocycles. The molecule has 1 amide bonds. The average molecular weight is 380 g/mol. The van der Waals surface area contributed by atoms with E-state index in [2.05, 4.69) is 5.10 Å². The molecule has 1 fully saturated rings. The molecule has 1 saturated heterocycles. The molecule has 2 aromatic rings. The molecule has 0 radical (unpaired) electrons. The molecular weight excluding hydrogens is 361 g/mol. The maximum atomic E-state index is 12.9.